The van der Waals surface area contributed by atoms with E-state index in [4.69, 9.17) is 5.11 Å². The number of para-hydroxylation sites is 1. The van der Waals surface area contributed by atoms with Crippen LogP contribution in [-0.2, 0) is 9.59 Å². The van der Waals surface area contributed by atoms with Crippen LogP contribution in [0.2, 0.25) is 0 Å². The molecular weight excluding hydrogens is 368 g/mol. The van der Waals surface area contributed by atoms with Gasteiger partial charge in [0.25, 0.3) is 5.91 Å². The molecule has 0 radical (unpaired) electrons. The summed E-state index contributed by atoms with van der Waals surface area (Å²) in [6.45, 7) is 0.519. The average Bonchev–Trinajstić information content (AvgIpc) is 3.58. The van der Waals surface area contributed by atoms with Crippen LogP contribution in [0.5, 0.6) is 0 Å². The third kappa shape index (κ3) is 4.01. The van der Waals surface area contributed by atoms with Crippen molar-refractivity contribution in [2.24, 2.45) is 0 Å². The number of nitrogens with zero attached hydrogens (tertiary/aromatic N) is 2. The Morgan fingerprint density at radius 3 is 2.31 bits per heavy atom. The Kier molecular flexibility index (Phi) is 5.34. The highest BCUT2D eigenvalue weighted by Gasteiger charge is 2.41. The fourth-order valence-corrected chi connectivity index (χ4v) is 4.11. The smallest absolute Gasteiger partial charge is 0.303 e. The van der Waals surface area contributed by atoms with E-state index in [-0.39, 0.29) is 36.7 Å². The maximum atomic E-state index is 13.1. The van der Waals surface area contributed by atoms with Crippen LogP contribution >= 0.6 is 0 Å². The van der Waals surface area contributed by atoms with Gasteiger partial charge in [0.2, 0.25) is 5.91 Å². The van der Waals surface area contributed by atoms with E-state index in [9.17, 15) is 14.4 Å². The molecule has 2 amide bonds. The van der Waals surface area contributed by atoms with E-state index in [1.807, 2.05) is 59.5 Å². The summed E-state index contributed by atoms with van der Waals surface area (Å²) in [7, 11) is 0. The second-order valence-electron chi connectivity index (χ2n) is 7.61. The average molecular weight is 392 g/mol. The number of hydrogen-bond acceptors (Lipinski definition) is 3. The molecule has 0 saturated heterocycles. The highest BCUT2D eigenvalue weighted by Crippen LogP contribution is 2.43. The fourth-order valence-electron chi connectivity index (χ4n) is 4.11. The van der Waals surface area contributed by atoms with Crippen molar-refractivity contribution in [1.82, 2.24) is 4.90 Å². The van der Waals surface area contributed by atoms with Gasteiger partial charge in [0, 0.05) is 30.3 Å². The van der Waals surface area contributed by atoms with Crippen molar-refractivity contribution in [3.8, 4) is 0 Å². The Labute approximate surface area is 169 Å². The van der Waals surface area contributed by atoms with Gasteiger partial charge in [-0.3, -0.25) is 14.4 Å². The van der Waals surface area contributed by atoms with Crippen molar-refractivity contribution in [3.05, 3.63) is 65.7 Å². The molecule has 29 heavy (non-hydrogen) atoms. The predicted molar refractivity (Wildman–Crippen MR) is 109 cm³/mol. The fraction of sp³-hybridized carbons (Fsp3) is 0.348. The van der Waals surface area contributed by atoms with Gasteiger partial charge in [0.15, 0.2) is 0 Å². The lowest BCUT2D eigenvalue weighted by Crippen LogP contribution is -2.44. The molecule has 1 unspecified atom stereocenters. The molecule has 6 nitrogen and oxygen atoms in total. The van der Waals surface area contributed by atoms with Gasteiger partial charge in [-0.1, -0.05) is 36.4 Å². The van der Waals surface area contributed by atoms with Gasteiger partial charge in [-0.05, 0) is 43.0 Å². The van der Waals surface area contributed by atoms with Crippen LogP contribution in [-0.4, -0.2) is 40.4 Å². The topological polar surface area (TPSA) is 77.9 Å². The van der Waals surface area contributed by atoms with Crippen LogP contribution in [0, 0.1) is 0 Å². The number of fused-ring (bicyclic) bond motifs is 1. The third-order valence-electron chi connectivity index (χ3n) is 5.60. The van der Waals surface area contributed by atoms with Crippen LogP contribution in [0.4, 0.5) is 5.69 Å². The number of aliphatic carboxylic acids is 1. The summed E-state index contributed by atoms with van der Waals surface area (Å²) < 4.78 is 0. The highest BCUT2D eigenvalue weighted by atomic mass is 16.4. The number of carboxylic acids is 1. The number of carbonyl (C=O) groups is 3. The number of hydrogen-bond donors (Lipinski definition) is 1. The maximum Gasteiger partial charge on any atom is 0.303 e. The molecule has 1 heterocycles. The van der Waals surface area contributed by atoms with E-state index in [1.165, 1.54) is 0 Å². The molecule has 1 fully saturated rings. The number of rotatable bonds is 6. The lowest BCUT2D eigenvalue weighted by molar-refractivity contribution is -0.142. The molecule has 1 aliphatic heterocycles. The molecular formula is C23H24N2O4. The van der Waals surface area contributed by atoms with Crippen molar-refractivity contribution in [1.29, 1.82) is 0 Å². The second-order valence-corrected chi connectivity index (χ2v) is 7.61. The summed E-state index contributed by atoms with van der Waals surface area (Å²) in [6.07, 6.45) is 2.39. The number of benzene rings is 2. The molecule has 0 bridgehead atoms. The SMILES string of the molecule is O=C(O)CCC(=O)N(C1CC1)C1CCN(C(=O)c2ccccc2)c2ccccc21. The molecule has 1 N–H and O–H groups in total. The van der Waals surface area contributed by atoms with Gasteiger partial charge in [-0.2, -0.15) is 0 Å². The van der Waals surface area contributed by atoms with E-state index in [2.05, 4.69) is 0 Å². The van der Waals surface area contributed by atoms with Crippen LogP contribution in [0.25, 0.3) is 0 Å². The molecule has 1 aliphatic carbocycles. The van der Waals surface area contributed by atoms with Crippen molar-refractivity contribution in [2.45, 2.75) is 44.2 Å². The first-order valence-electron chi connectivity index (χ1n) is 10.0. The van der Waals surface area contributed by atoms with Crippen molar-refractivity contribution in [2.75, 3.05) is 11.4 Å². The Morgan fingerprint density at radius 1 is 0.931 bits per heavy atom. The van der Waals surface area contributed by atoms with Gasteiger partial charge < -0.3 is 14.9 Å². The molecule has 1 atom stereocenters. The van der Waals surface area contributed by atoms with E-state index in [0.29, 0.717) is 18.5 Å². The van der Waals surface area contributed by atoms with Gasteiger partial charge in [-0.25, -0.2) is 0 Å². The van der Waals surface area contributed by atoms with Crippen LogP contribution < -0.4 is 4.90 Å². The molecule has 1 saturated carbocycles. The van der Waals surface area contributed by atoms with E-state index in [0.717, 1.165) is 24.1 Å². The van der Waals surface area contributed by atoms with Gasteiger partial charge in [0.05, 0.1) is 12.5 Å². The summed E-state index contributed by atoms with van der Waals surface area (Å²) >= 11 is 0. The Balaban J connectivity index is 1.63. The van der Waals surface area contributed by atoms with Crippen LogP contribution in [0.15, 0.2) is 54.6 Å². The summed E-state index contributed by atoms with van der Waals surface area (Å²) in [6, 6.07) is 17.0. The monoisotopic (exact) mass is 392 g/mol. The molecule has 2 aromatic carbocycles. The lowest BCUT2D eigenvalue weighted by Gasteiger charge is -2.40. The largest absolute Gasteiger partial charge is 0.481 e. The number of carboxylic acid groups (broad SMARTS) is 1. The molecule has 0 aromatic heterocycles. The molecule has 4 rings (SSSR count). The Bertz CT molecular complexity index is 923. The quantitative estimate of drug-likeness (QED) is 0.814. The first kappa shape index (κ1) is 19.2. The normalized spacial score (nSPS) is 18.1. The molecule has 6 heteroatoms. The minimum absolute atomic E-state index is 0.0111. The van der Waals surface area contributed by atoms with E-state index in [1.54, 1.807) is 4.90 Å². The first-order valence-corrected chi connectivity index (χ1v) is 10.0. The molecule has 150 valence electrons. The minimum atomic E-state index is -0.960. The van der Waals surface area contributed by atoms with Crippen molar-refractivity contribution >= 4 is 23.5 Å². The van der Waals surface area contributed by atoms with E-state index < -0.39 is 5.97 Å². The number of anilines is 1. The summed E-state index contributed by atoms with van der Waals surface area (Å²) in [5.41, 5.74) is 2.42. The molecule has 2 aromatic rings. The summed E-state index contributed by atoms with van der Waals surface area (Å²) in [4.78, 5) is 40.5. The number of carbonyl (C=O) groups excluding carboxylic acids is 2. The van der Waals surface area contributed by atoms with Gasteiger partial charge in [-0.15, -0.1) is 0 Å². The minimum Gasteiger partial charge on any atom is -0.481 e. The van der Waals surface area contributed by atoms with Crippen LogP contribution in [0.1, 0.15) is 54.1 Å². The van der Waals surface area contributed by atoms with E-state index >= 15 is 0 Å². The zero-order chi connectivity index (χ0) is 20.4. The van der Waals surface area contributed by atoms with Gasteiger partial charge in [0.1, 0.15) is 0 Å². The third-order valence-corrected chi connectivity index (χ3v) is 5.60. The zero-order valence-electron chi connectivity index (χ0n) is 16.2. The van der Waals surface area contributed by atoms with Gasteiger partial charge >= 0.3 is 5.97 Å². The summed E-state index contributed by atoms with van der Waals surface area (Å²) in [5, 5.41) is 8.96. The lowest BCUT2D eigenvalue weighted by atomic mass is 9.93. The van der Waals surface area contributed by atoms with Crippen molar-refractivity contribution < 1.29 is 19.5 Å². The Morgan fingerprint density at radius 2 is 1.62 bits per heavy atom. The molecule has 2 aliphatic rings. The van der Waals surface area contributed by atoms with Crippen LogP contribution in [0.3, 0.4) is 0 Å². The predicted octanol–water partition coefficient (Wildman–Crippen LogP) is 3.63. The summed E-state index contributed by atoms with van der Waals surface area (Å²) in [5.74, 6) is -1.12. The van der Waals surface area contributed by atoms with Crippen molar-refractivity contribution in [3.63, 3.8) is 0 Å². The standard InChI is InChI=1S/C23H24N2O4/c26-21(12-13-22(27)28)25(17-10-11-17)20-14-15-24(19-9-5-4-8-18(19)20)23(29)16-6-2-1-3-7-16/h1-9,17,20H,10-15H2,(H,27,28). The molecule has 0 spiro atoms. The zero-order valence-corrected chi connectivity index (χ0v) is 16.2. The Hall–Kier alpha value is -3.15. The maximum absolute atomic E-state index is 13.1. The second kappa shape index (κ2) is 8.07. The first-order chi connectivity index (χ1) is 14.1. The number of amides is 2. The highest BCUT2D eigenvalue weighted by molar-refractivity contribution is 6.06.